The molecule has 0 saturated carbocycles. The molecule has 1 rings (SSSR count). The van der Waals surface area contributed by atoms with E-state index in [2.05, 4.69) is 5.32 Å². The zero-order valence-electron chi connectivity index (χ0n) is 14.1. The van der Waals surface area contributed by atoms with Gasteiger partial charge in [0.25, 0.3) is 0 Å². The summed E-state index contributed by atoms with van der Waals surface area (Å²) in [7, 11) is 0. The van der Waals surface area contributed by atoms with Crippen molar-refractivity contribution in [1.82, 2.24) is 10.2 Å². The maximum absolute atomic E-state index is 12.7. The van der Waals surface area contributed by atoms with Crippen LogP contribution in [0.3, 0.4) is 0 Å². The van der Waals surface area contributed by atoms with Crippen LogP contribution in [0, 0.1) is 0 Å². The lowest BCUT2D eigenvalue weighted by Gasteiger charge is -2.28. The van der Waals surface area contributed by atoms with Crippen molar-refractivity contribution in [2.75, 3.05) is 18.6 Å². The van der Waals surface area contributed by atoms with E-state index in [-0.39, 0.29) is 5.91 Å². The molecule has 1 heterocycles. The van der Waals surface area contributed by atoms with Crippen LogP contribution in [-0.4, -0.2) is 64.2 Å². The molecule has 7 nitrogen and oxygen atoms in total. The van der Waals surface area contributed by atoms with Gasteiger partial charge in [0.05, 0.1) is 0 Å². The van der Waals surface area contributed by atoms with Crippen LogP contribution in [0.2, 0.25) is 0 Å². The monoisotopic (exact) mass is 346 g/mol. The molecule has 2 amide bonds. The first-order chi connectivity index (χ1) is 10.7. The van der Waals surface area contributed by atoms with Crippen LogP contribution >= 0.6 is 11.8 Å². The first kappa shape index (κ1) is 19.6. The second-order valence-electron chi connectivity index (χ2n) is 6.51. The van der Waals surface area contributed by atoms with Gasteiger partial charge >= 0.3 is 12.1 Å². The predicted octanol–water partition coefficient (Wildman–Crippen LogP) is 1.71. The molecular formula is C15H26N2O5S. The molecule has 0 aromatic carbocycles. The molecule has 0 aromatic rings. The van der Waals surface area contributed by atoms with Crippen molar-refractivity contribution in [3.8, 4) is 0 Å². The topological polar surface area (TPSA) is 95.9 Å². The van der Waals surface area contributed by atoms with E-state index in [1.54, 1.807) is 32.5 Å². The van der Waals surface area contributed by atoms with Gasteiger partial charge < -0.3 is 20.1 Å². The fourth-order valence-corrected chi connectivity index (χ4v) is 2.90. The Morgan fingerprint density at radius 2 is 2.04 bits per heavy atom. The number of rotatable bonds is 6. The van der Waals surface area contributed by atoms with Gasteiger partial charge in [-0.3, -0.25) is 4.79 Å². The van der Waals surface area contributed by atoms with Gasteiger partial charge in [-0.05, 0) is 52.0 Å². The second kappa shape index (κ2) is 8.42. The molecule has 0 spiro atoms. The number of nitrogens with zero attached hydrogens (tertiary/aromatic N) is 1. The Hall–Kier alpha value is -1.44. The lowest BCUT2D eigenvalue weighted by Crippen LogP contribution is -2.52. The zero-order valence-corrected chi connectivity index (χ0v) is 14.9. The third-order valence-electron chi connectivity index (χ3n) is 3.42. The molecule has 2 atom stereocenters. The number of ether oxygens (including phenoxy) is 1. The Bertz CT molecular complexity index is 450. The average molecular weight is 346 g/mol. The van der Waals surface area contributed by atoms with Crippen LogP contribution in [0.15, 0.2) is 0 Å². The van der Waals surface area contributed by atoms with Crippen molar-refractivity contribution >= 4 is 29.7 Å². The zero-order chi connectivity index (χ0) is 17.6. The quantitative estimate of drug-likeness (QED) is 0.760. The van der Waals surface area contributed by atoms with E-state index >= 15 is 0 Å². The Morgan fingerprint density at radius 1 is 1.39 bits per heavy atom. The van der Waals surface area contributed by atoms with Gasteiger partial charge in [-0.15, -0.1) is 0 Å². The molecular weight excluding hydrogens is 320 g/mol. The number of hydrogen-bond donors (Lipinski definition) is 2. The highest BCUT2D eigenvalue weighted by molar-refractivity contribution is 7.98. The number of likely N-dealkylation sites (tertiary alicyclic amines) is 1. The molecule has 1 saturated heterocycles. The Balaban J connectivity index is 2.78. The normalized spacial score (nSPS) is 19.3. The van der Waals surface area contributed by atoms with E-state index in [9.17, 15) is 19.5 Å². The number of nitrogens with one attached hydrogen (secondary N) is 1. The number of thioether (sulfide) groups is 1. The molecule has 1 aliphatic heterocycles. The van der Waals surface area contributed by atoms with Crippen LogP contribution in [0.4, 0.5) is 4.79 Å². The summed E-state index contributed by atoms with van der Waals surface area (Å²) in [6.45, 7) is 5.63. The molecule has 0 aliphatic carbocycles. The van der Waals surface area contributed by atoms with Crippen molar-refractivity contribution in [2.24, 2.45) is 0 Å². The number of hydrogen-bond acceptors (Lipinski definition) is 5. The lowest BCUT2D eigenvalue weighted by atomic mass is 10.1. The van der Waals surface area contributed by atoms with Crippen molar-refractivity contribution in [1.29, 1.82) is 0 Å². The molecule has 0 radical (unpaired) electrons. The van der Waals surface area contributed by atoms with Crippen LogP contribution in [0.1, 0.15) is 40.0 Å². The van der Waals surface area contributed by atoms with Crippen LogP contribution < -0.4 is 5.32 Å². The van der Waals surface area contributed by atoms with Crippen molar-refractivity contribution in [3.05, 3.63) is 0 Å². The van der Waals surface area contributed by atoms with Crippen molar-refractivity contribution in [2.45, 2.75) is 57.7 Å². The molecule has 0 bridgehead atoms. The molecule has 1 fully saturated rings. The summed E-state index contributed by atoms with van der Waals surface area (Å²) < 4.78 is 5.19. The molecule has 1 aliphatic rings. The largest absolute Gasteiger partial charge is 0.480 e. The molecule has 0 aromatic heterocycles. The maximum atomic E-state index is 12.7. The van der Waals surface area contributed by atoms with Crippen LogP contribution in [-0.2, 0) is 14.3 Å². The summed E-state index contributed by atoms with van der Waals surface area (Å²) in [5.41, 5.74) is -0.658. The number of carbonyl (C=O) groups is 3. The van der Waals surface area contributed by atoms with Crippen molar-refractivity contribution in [3.63, 3.8) is 0 Å². The summed E-state index contributed by atoms with van der Waals surface area (Å²) in [5.74, 6) is -0.677. The number of carbonyl (C=O) groups excluding carboxylic acids is 2. The highest BCUT2D eigenvalue weighted by Crippen LogP contribution is 2.20. The van der Waals surface area contributed by atoms with E-state index < -0.39 is 29.7 Å². The van der Waals surface area contributed by atoms with Gasteiger partial charge in [-0.25, -0.2) is 9.59 Å². The smallest absolute Gasteiger partial charge is 0.408 e. The molecule has 0 unspecified atom stereocenters. The van der Waals surface area contributed by atoms with E-state index in [4.69, 9.17) is 4.74 Å². The van der Waals surface area contributed by atoms with Gasteiger partial charge in [0.1, 0.15) is 17.7 Å². The summed E-state index contributed by atoms with van der Waals surface area (Å²) in [6, 6.07) is -1.57. The fraction of sp³-hybridized carbons (Fsp3) is 0.800. The standard InChI is InChI=1S/C15H26N2O5S/c1-15(2,3)22-14(21)16-10(7-9-23-4)12(18)17-8-5-6-11(17)13(19)20/h10-11H,5-9H2,1-4H3,(H,16,21)(H,19,20)/t10-,11-/m1/s1. The molecule has 2 N–H and O–H groups in total. The SMILES string of the molecule is CSCC[C@@H](NC(=O)OC(C)(C)C)C(=O)N1CCC[C@@H]1C(=O)O. The van der Waals surface area contributed by atoms with Crippen LogP contribution in [0.5, 0.6) is 0 Å². The fourth-order valence-electron chi connectivity index (χ4n) is 2.43. The van der Waals surface area contributed by atoms with Gasteiger partial charge in [-0.1, -0.05) is 0 Å². The lowest BCUT2D eigenvalue weighted by molar-refractivity contribution is -0.149. The predicted molar refractivity (Wildman–Crippen MR) is 88.5 cm³/mol. The second-order valence-corrected chi connectivity index (χ2v) is 7.49. The van der Waals surface area contributed by atoms with Gasteiger partial charge in [-0.2, -0.15) is 11.8 Å². The van der Waals surface area contributed by atoms with E-state index in [0.717, 1.165) is 0 Å². The Labute approximate surface area is 141 Å². The Kier molecular flexibility index (Phi) is 7.18. The number of carboxylic acids is 1. The molecule has 132 valence electrons. The van der Waals surface area contributed by atoms with Gasteiger partial charge in [0, 0.05) is 6.54 Å². The number of alkyl carbamates (subject to hydrolysis) is 1. The van der Waals surface area contributed by atoms with E-state index in [1.807, 2.05) is 6.26 Å². The third kappa shape index (κ3) is 6.29. The maximum Gasteiger partial charge on any atom is 0.408 e. The highest BCUT2D eigenvalue weighted by Gasteiger charge is 2.37. The summed E-state index contributed by atoms with van der Waals surface area (Å²) in [4.78, 5) is 37.2. The highest BCUT2D eigenvalue weighted by atomic mass is 32.2. The number of amides is 2. The van der Waals surface area contributed by atoms with Crippen LogP contribution in [0.25, 0.3) is 0 Å². The minimum absolute atomic E-state index is 0.352. The van der Waals surface area contributed by atoms with Crippen molar-refractivity contribution < 1.29 is 24.2 Å². The van der Waals surface area contributed by atoms with Gasteiger partial charge in [0.2, 0.25) is 5.91 Å². The molecule has 23 heavy (non-hydrogen) atoms. The van der Waals surface area contributed by atoms with Gasteiger partial charge in [0.15, 0.2) is 0 Å². The van der Waals surface area contributed by atoms with E-state index in [0.29, 0.717) is 31.6 Å². The number of aliphatic carboxylic acids is 1. The summed E-state index contributed by atoms with van der Waals surface area (Å²) in [5, 5.41) is 11.8. The third-order valence-corrected chi connectivity index (χ3v) is 4.06. The summed E-state index contributed by atoms with van der Waals surface area (Å²) in [6.07, 6.45) is 2.78. The minimum atomic E-state index is -1.00. The van der Waals surface area contributed by atoms with E-state index in [1.165, 1.54) is 4.90 Å². The average Bonchev–Trinajstić information content (AvgIpc) is 2.90. The first-order valence-corrected chi connectivity index (χ1v) is 9.07. The molecule has 8 heteroatoms. The minimum Gasteiger partial charge on any atom is -0.480 e. The summed E-state index contributed by atoms with van der Waals surface area (Å²) >= 11 is 1.56. The Morgan fingerprint density at radius 3 is 2.57 bits per heavy atom. The first-order valence-electron chi connectivity index (χ1n) is 7.67. The number of carboxylic acid groups (broad SMARTS) is 1.